The van der Waals surface area contributed by atoms with Crippen LogP contribution in [-0.4, -0.2) is 19.0 Å². The van der Waals surface area contributed by atoms with Gasteiger partial charge in [-0.1, -0.05) is 24.3 Å². The van der Waals surface area contributed by atoms with Crippen molar-refractivity contribution in [2.45, 2.75) is 6.54 Å². The van der Waals surface area contributed by atoms with Crippen molar-refractivity contribution < 1.29 is 14.3 Å². The average molecular weight is 267 g/mol. The van der Waals surface area contributed by atoms with E-state index in [1.54, 1.807) is 18.2 Å². The van der Waals surface area contributed by atoms with Gasteiger partial charge in [0.15, 0.2) is 0 Å². The highest BCUT2D eigenvalue weighted by Gasteiger charge is 2.20. The van der Waals surface area contributed by atoms with Gasteiger partial charge in [0.1, 0.15) is 0 Å². The fraction of sp³-hybridized carbons (Fsp3) is 0.125. The molecule has 0 saturated carbocycles. The number of amides is 1. The third-order valence-electron chi connectivity index (χ3n) is 3.43. The van der Waals surface area contributed by atoms with Gasteiger partial charge < -0.3 is 10.1 Å². The number of fused-ring (bicyclic) bond motifs is 3. The first kappa shape index (κ1) is 12.4. The van der Waals surface area contributed by atoms with E-state index in [9.17, 15) is 9.59 Å². The summed E-state index contributed by atoms with van der Waals surface area (Å²) in [6.45, 7) is 0.449. The zero-order chi connectivity index (χ0) is 14.1. The second-order valence-electron chi connectivity index (χ2n) is 4.59. The van der Waals surface area contributed by atoms with Gasteiger partial charge in [-0.2, -0.15) is 0 Å². The van der Waals surface area contributed by atoms with Crippen molar-refractivity contribution in [2.24, 2.45) is 0 Å². The first-order valence-corrected chi connectivity index (χ1v) is 6.29. The molecule has 0 bridgehead atoms. The van der Waals surface area contributed by atoms with Crippen LogP contribution in [-0.2, 0) is 11.3 Å². The summed E-state index contributed by atoms with van der Waals surface area (Å²) in [6, 6.07) is 12.7. The molecule has 0 radical (unpaired) electrons. The number of ether oxygens (including phenoxy) is 1. The summed E-state index contributed by atoms with van der Waals surface area (Å²) in [5.74, 6) is -0.481. The minimum Gasteiger partial charge on any atom is -0.465 e. The van der Waals surface area contributed by atoms with Crippen LogP contribution in [0.4, 0.5) is 0 Å². The third-order valence-corrected chi connectivity index (χ3v) is 3.43. The van der Waals surface area contributed by atoms with Gasteiger partial charge in [0.05, 0.1) is 12.7 Å². The van der Waals surface area contributed by atoms with Crippen molar-refractivity contribution in [3.63, 3.8) is 0 Å². The maximum Gasteiger partial charge on any atom is 0.337 e. The topological polar surface area (TPSA) is 55.4 Å². The van der Waals surface area contributed by atoms with Gasteiger partial charge in [0.2, 0.25) is 0 Å². The zero-order valence-electron chi connectivity index (χ0n) is 11.0. The minimum atomic E-state index is -0.381. The lowest BCUT2D eigenvalue weighted by molar-refractivity contribution is 0.0600. The maximum atomic E-state index is 12.0. The predicted molar refractivity (Wildman–Crippen MR) is 74.4 cm³/mol. The van der Waals surface area contributed by atoms with E-state index in [0.29, 0.717) is 17.7 Å². The van der Waals surface area contributed by atoms with Crippen LogP contribution in [0.15, 0.2) is 42.5 Å². The molecule has 0 spiro atoms. The number of esters is 1. The van der Waals surface area contributed by atoms with E-state index in [4.69, 9.17) is 4.74 Å². The quantitative estimate of drug-likeness (QED) is 0.807. The van der Waals surface area contributed by atoms with E-state index < -0.39 is 0 Å². The monoisotopic (exact) mass is 267 g/mol. The van der Waals surface area contributed by atoms with Crippen LogP contribution >= 0.6 is 0 Å². The largest absolute Gasteiger partial charge is 0.465 e. The summed E-state index contributed by atoms with van der Waals surface area (Å²) < 4.78 is 4.75. The number of nitrogens with one attached hydrogen (secondary N) is 1. The molecule has 2 aromatic carbocycles. The predicted octanol–water partition coefficient (Wildman–Crippen LogP) is 2.38. The second kappa shape index (κ2) is 4.81. The summed E-state index contributed by atoms with van der Waals surface area (Å²) in [7, 11) is 1.35. The first-order chi connectivity index (χ1) is 9.70. The number of methoxy groups -OCH3 is 1. The smallest absolute Gasteiger partial charge is 0.337 e. The summed E-state index contributed by atoms with van der Waals surface area (Å²) >= 11 is 0. The van der Waals surface area contributed by atoms with Crippen molar-refractivity contribution in [3.05, 3.63) is 59.2 Å². The molecule has 1 heterocycles. The summed E-state index contributed by atoms with van der Waals surface area (Å²) in [5, 5.41) is 2.86. The third kappa shape index (κ3) is 1.95. The minimum absolute atomic E-state index is 0.101. The molecule has 4 heteroatoms. The van der Waals surface area contributed by atoms with Crippen molar-refractivity contribution in [2.75, 3.05) is 7.11 Å². The lowest BCUT2D eigenvalue weighted by Crippen LogP contribution is -2.21. The zero-order valence-corrected chi connectivity index (χ0v) is 11.0. The van der Waals surface area contributed by atoms with Gasteiger partial charge in [-0.25, -0.2) is 4.79 Å². The molecule has 0 atom stereocenters. The van der Waals surface area contributed by atoms with Gasteiger partial charge in [-0.05, 0) is 34.9 Å². The molecule has 3 rings (SSSR count). The van der Waals surface area contributed by atoms with Crippen LogP contribution in [0.3, 0.4) is 0 Å². The first-order valence-electron chi connectivity index (χ1n) is 6.29. The highest BCUT2D eigenvalue weighted by molar-refractivity contribution is 6.03. The van der Waals surface area contributed by atoms with E-state index >= 15 is 0 Å². The molecule has 0 saturated heterocycles. The molecule has 100 valence electrons. The van der Waals surface area contributed by atoms with Crippen molar-refractivity contribution in [1.29, 1.82) is 0 Å². The molecule has 20 heavy (non-hydrogen) atoms. The van der Waals surface area contributed by atoms with E-state index in [2.05, 4.69) is 5.32 Å². The lowest BCUT2D eigenvalue weighted by Gasteiger charge is -2.09. The Balaban J connectivity index is 2.23. The molecular weight excluding hydrogens is 254 g/mol. The number of carbonyl (C=O) groups excluding carboxylic acids is 2. The second-order valence-corrected chi connectivity index (χ2v) is 4.59. The molecular formula is C16H13NO3. The van der Waals surface area contributed by atoms with E-state index in [0.717, 1.165) is 16.7 Å². The molecule has 1 aliphatic heterocycles. The van der Waals surface area contributed by atoms with Crippen LogP contribution in [0, 0.1) is 0 Å². The van der Waals surface area contributed by atoms with Gasteiger partial charge in [-0.3, -0.25) is 4.79 Å². The molecule has 1 aliphatic rings. The van der Waals surface area contributed by atoms with Crippen LogP contribution in [0.1, 0.15) is 26.3 Å². The fourth-order valence-corrected chi connectivity index (χ4v) is 2.41. The van der Waals surface area contributed by atoms with E-state index in [1.807, 2.05) is 24.3 Å². The molecule has 0 fully saturated rings. The molecule has 0 unspecified atom stereocenters. The molecule has 0 aromatic heterocycles. The van der Waals surface area contributed by atoms with Gasteiger partial charge >= 0.3 is 5.97 Å². The molecule has 2 aromatic rings. The Morgan fingerprint density at radius 1 is 1.10 bits per heavy atom. The Hall–Kier alpha value is -2.62. The standard InChI is InChI=1S/C16H13NO3/c1-20-16(19)10-6-7-11-9-17-15(18)13-5-3-2-4-12(13)14(11)8-10/h2-8H,9H2,1H3,(H,17,18). The average Bonchev–Trinajstić information content (AvgIpc) is 2.64. The summed E-state index contributed by atoms with van der Waals surface area (Å²) in [6.07, 6.45) is 0. The van der Waals surface area contributed by atoms with Crippen molar-refractivity contribution in [3.8, 4) is 11.1 Å². The Morgan fingerprint density at radius 2 is 1.85 bits per heavy atom. The number of carbonyl (C=O) groups is 2. The van der Waals surface area contributed by atoms with Crippen LogP contribution in [0.25, 0.3) is 11.1 Å². The Morgan fingerprint density at radius 3 is 2.60 bits per heavy atom. The molecule has 0 aliphatic carbocycles. The summed E-state index contributed by atoms with van der Waals surface area (Å²) in [5.41, 5.74) is 3.81. The molecule has 1 amide bonds. The van der Waals surface area contributed by atoms with Crippen LogP contribution in [0.5, 0.6) is 0 Å². The van der Waals surface area contributed by atoms with Gasteiger partial charge in [0.25, 0.3) is 5.91 Å². The van der Waals surface area contributed by atoms with Crippen LogP contribution < -0.4 is 5.32 Å². The number of hydrogen-bond donors (Lipinski definition) is 1. The van der Waals surface area contributed by atoms with Gasteiger partial charge in [0, 0.05) is 12.1 Å². The number of benzene rings is 2. The molecule has 4 nitrogen and oxygen atoms in total. The Labute approximate surface area is 116 Å². The maximum absolute atomic E-state index is 12.0. The van der Waals surface area contributed by atoms with Gasteiger partial charge in [-0.15, -0.1) is 0 Å². The van der Waals surface area contributed by atoms with Crippen LogP contribution in [0.2, 0.25) is 0 Å². The number of rotatable bonds is 1. The van der Waals surface area contributed by atoms with E-state index in [-0.39, 0.29) is 11.9 Å². The van der Waals surface area contributed by atoms with Crippen molar-refractivity contribution in [1.82, 2.24) is 5.32 Å². The van der Waals surface area contributed by atoms with Crippen molar-refractivity contribution >= 4 is 11.9 Å². The fourth-order valence-electron chi connectivity index (χ4n) is 2.41. The highest BCUT2D eigenvalue weighted by Crippen LogP contribution is 2.30. The Bertz CT molecular complexity index is 707. The SMILES string of the molecule is COC(=O)c1ccc2c(c1)-c1ccccc1C(=O)NC2. The number of hydrogen-bond acceptors (Lipinski definition) is 3. The summed E-state index contributed by atoms with van der Waals surface area (Å²) in [4.78, 5) is 23.7. The Kier molecular flexibility index (Phi) is 2.99. The normalized spacial score (nSPS) is 12.8. The highest BCUT2D eigenvalue weighted by atomic mass is 16.5. The molecule has 1 N–H and O–H groups in total. The van der Waals surface area contributed by atoms with E-state index in [1.165, 1.54) is 7.11 Å². The lowest BCUT2D eigenvalue weighted by atomic mass is 9.95.